The number of nitrogens with one attached hydrogen (secondary N) is 1. The van der Waals surface area contributed by atoms with Gasteiger partial charge in [-0.05, 0) is 70.0 Å². The zero-order valence-electron chi connectivity index (χ0n) is 21.6. The van der Waals surface area contributed by atoms with Crippen LogP contribution in [0.4, 0.5) is 11.8 Å². The van der Waals surface area contributed by atoms with Crippen LogP contribution < -0.4 is 10.2 Å². The monoisotopic (exact) mass is 489 g/mol. The average Bonchev–Trinajstić information content (AvgIpc) is 2.76. The number of hydrogen-bond donors (Lipinski definition) is 2. The molecular formula is C29H39N5S. The molecule has 3 aliphatic rings. The molecule has 1 aliphatic carbocycles. The Bertz CT molecular complexity index is 1110. The Kier molecular flexibility index (Phi) is 6.76. The molecule has 6 heteroatoms. The molecule has 3 fully saturated rings. The third-order valence-corrected chi connectivity index (χ3v) is 9.23. The lowest BCUT2D eigenvalue weighted by Crippen LogP contribution is -2.63. The van der Waals surface area contributed by atoms with Gasteiger partial charge < -0.3 is 10.2 Å². The number of rotatable bonds is 6. The van der Waals surface area contributed by atoms with Gasteiger partial charge in [0, 0.05) is 36.3 Å². The normalized spacial score (nSPS) is 28.1. The van der Waals surface area contributed by atoms with Crippen LogP contribution in [0.25, 0.3) is 0 Å². The molecule has 0 bridgehead atoms. The summed E-state index contributed by atoms with van der Waals surface area (Å²) in [5.41, 5.74) is 4.49. The molecule has 5 nitrogen and oxygen atoms in total. The van der Waals surface area contributed by atoms with Crippen LogP contribution in [0.15, 0.2) is 24.4 Å². The van der Waals surface area contributed by atoms with Crippen molar-refractivity contribution in [3.05, 3.63) is 46.6 Å². The maximum absolute atomic E-state index is 5.79. The molecule has 0 radical (unpaired) electrons. The number of terminal acetylenes is 1. The van der Waals surface area contributed by atoms with Crippen LogP contribution in [0.1, 0.15) is 67.8 Å². The van der Waals surface area contributed by atoms with Crippen LogP contribution in [-0.4, -0.2) is 51.8 Å². The predicted octanol–water partition coefficient (Wildman–Crippen LogP) is 5.25. The first-order chi connectivity index (χ1) is 16.8. The van der Waals surface area contributed by atoms with E-state index in [0.717, 1.165) is 43.4 Å². The summed E-state index contributed by atoms with van der Waals surface area (Å²) in [6.07, 6.45) is 12.7. The Morgan fingerprint density at radius 2 is 2.03 bits per heavy atom. The first-order valence-electron chi connectivity index (χ1n) is 13.1. The third kappa shape index (κ3) is 4.90. The van der Waals surface area contributed by atoms with Crippen molar-refractivity contribution in [3.8, 4) is 12.3 Å². The first-order valence-corrected chi connectivity index (χ1v) is 13.6. The zero-order chi connectivity index (χ0) is 24.7. The number of likely N-dealkylation sites (tertiary alicyclic amines) is 1. The van der Waals surface area contributed by atoms with Crippen LogP contribution in [0.3, 0.4) is 0 Å². The minimum Gasteiger partial charge on any atom is -0.362 e. The highest BCUT2D eigenvalue weighted by Gasteiger charge is 2.47. The Balaban J connectivity index is 1.25. The number of nitrogens with zero attached hydrogens (tertiary/aromatic N) is 4. The topological polar surface area (TPSA) is 44.3 Å². The SMILES string of the molecule is C#Cc1cnc(N2CC([C@@]3(S)CCCN([C@H]4C[C@@H](C)C4)C3)C2)nc1N[C@H](C)c1ccc(C)cc1C. The maximum Gasteiger partial charge on any atom is 0.227 e. The second-order valence-electron chi connectivity index (χ2n) is 11.3. The van der Waals surface area contributed by atoms with Crippen LogP contribution in [-0.2, 0) is 0 Å². The van der Waals surface area contributed by atoms with Crippen molar-refractivity contribution in [1.82, 2.24) is 14.9 Å². The molecular weight excluding hydrogens is 450 g/mol. The standard InChI is InChI=1S/C29H39N5S/c1-6-23-15-30-28(32-27(23)31-22(5)26-9-8-19(2)12-21(26)4)34-16-24(17-34)29(35)10-7-11-33(18-29)25-13-20(3)14-25/h1,8-9,12,15,20,22,24-25,35H,7,10-11,13-14,16-18H2,2-5H3,(H,30,31,32)/t20-,22-,25+,29-/m1/s1. The largest absolute Gasteiger partial charge is 0.362 e. The van der Waals surface area contributed by atoms with Crippen LogP contribution in [0.5, 0.6) is 0 Å². The quantitative estimate of drug-likeness (QED) is 0.429. The molecule has 0 unspecified atom stereocenters. The van der Waals surface area contributed by atoms with Crippen LogP contribution in [0, 0.1) is 38.0 Å². The molecule has 186 valence electrons. The van der Waals surface area contributed by atoms with Crippen molar-refractivity contribution >= 4 is 24.4 Å². The molecule has 0 spiro atoms. The molecule has 2 aliphatic heterocycles. The van der Waals surface area contributed by atoms with E-state index in [9.17, 15) is 0 Å². The van der Waals surface area contributed by atoms with Gasteiger partial charge in [-0.2, -0.15) is 17.6 Å². The van der Waals surface area contributed by atoms with E-state index in [1.54, 1.807) is 6.20 Å². The van der Waals surface area contributed by atoms with Crippen molar-refractivity contribution in [2.75, 3.05) is 36.4 Å². The third-order valence-electron chi connectivity index (χ3n) is 8.50. The van der Waals surface area contributed by atoms with E-state index in [0.29, 0.717) is 11.5 Å². The van der Waals surface area contributed by atoms with Gasteiger partial charge in [0.2, 0.25) is 5.95 Å². The second kappa shape index (κ2) is 9.67. The molecule has 2 saturated heterocycles. The highest BCUT2D eigenvalue weighted by atomic mass is 32.1. The van der Waals surface area contributed by atoms with Crippen molar-refractivity contribution in [2.24, 2.45) is 11.8 Å². The summed E-state index contributed by atoms with van der Waals surface area (Å²) in [4.78, 5) is 14.5. The summed E-state index contributed by atoms with van der Waals surface area (Å²) >= 11 is 5.27. The molecule has 2 aromatic rings. The van der Waals surface area contributed by atoms with Gasteiger partial charge in [-0.3, -0.25) is 4.90 Å². The highest BCUT2D eigenvalue weighted by Crippen LogP contribution is 2.43. The number of aryl methyl sites for hydroxylation is 2. The summed E-state index contributed by atoms with van der Waals surface area (Å²) in [7, 11) is 0. The summed E-state index contributed by atoms with van der Waals surface area (Å²) in [5, 5.41) is 3.56. The molecule has 1 aromatic heterocycles. The first kappa shape index (κ1) is 24.5. The van der Waals surface area contributed by atoms with Crippen molar-refractivity contribution < 1.29 is 0 Å². The highest BCUT2D eigenvalue weighted by molar-refractivity contribution is 7.81. The number of benzene rings is 1. The Morgan fingerprint density at radius 3 is 2.71 bits per heavy atom. The molecule has 35 heavy (non-hydrogen) atoms. The summed E-state index contributed by atoms with van der Waals surface area (Å²) in [6, 6.07) is 7.42. The van der Waals surface area contributed by atoms with Gasteiger partial charge in [0.1, 0.15) is 5.82 Å². The number of thiol groups is 1. The lowest BCUT2D eigenvalue weighted by molar-refractivity contribution is 0.0416. The predicted molar refractivity (Wildman–Crippen MR) is 148 cm³/mol. The Hall–Kier alpha value is -2.23. The fourth-order valence-corrected chi connectivity index (χ4v) is 6.72. The summed E-state index contributed by atoms with van der Waals surface area (Å²) in [6.45, 7) is 13.1. The number of piperidine rings is 1. The molecule has 2 atom stereocenters. The fourth-order valence-electron chi connectivity index (χ4n) is 6.22. The number of anilines is 2. The number of aromatic nitrogens is 2. The lowest BCUT2D eigenvalue weighted by atomic mass is 9.76. The molecule has 1 N–H and O–H groups in total. The summed E-state index contributed by atoms with van der Waals surface area (Å²) in [5.74, 6) is 5.69. The van der Waals surface area contributed by atoms with E-state index in [4.69, 9.17) is 24.0 Å². The Labute approximate surface area is 216 Å². The fraction of sp³-hybridized carbons (Fsp3) is 0.586. The van der Waals surface area contributed by atoms with Gasteiger partial charge in [0.05, 0.1) is 17.8 Å². The van der Waals surface area contributed by atoms with Crippen LogP contribution >= 0.6 is 12.6 Å². The minimum atomic E-state index is 0.0882. The van der Waals surface area contributed by atoms with Gasteiger partial charge in [-0.15, -0.1) is 6.42 Å². The van der Waals surface area contributed by atoms with Gasteiger partial charge in [0.15, 0.2) is 0 Å². The van der Waals surface area contributed by atoms with E-state index >= 15 is 0 Å². The second-order valence-corrected chi connectivity index (χ2v) is 12.2. The zero-order valence-corrected chi connectivity index (χ0v) is 22.5. The molecule has 0 amide bonds. The minimum absolute atomic E-state index is 0.0882. The van der Waals surface area contributed by atoms with Crippen LogP contribution in [0.2, 0.25) is 0 Å². The summed E-state index contributed by atoms with van der Waals surface area (Å²) < 4.78 is 0.0882. The Morgan fingerprint density at radius 1 is 1.26 bits per heavy atom. The van der Waals surface area contributed by atoms with Crippen molar-refractivity contribution in [3.63, 3.8) is 0 Å². The molecule has 1 saturated carbocycles. The smallest absolute Gasteiger partial charge is 0.227 e. The van der Waals surface area contributed by atoms with Crippen molar-refractivity contribution in [2.45, 2.75) is 70.2 Å². The molecule has 5 rings (SSSR count). The van der Waals surface area contributed by atoms with Gasteiger partial charge in [0.25, 0.3) is 0 Å². The van der Waals surface area contributed by atoms with Crippen molar-refractivity contribution in [1.29, 1.82) is 0 Å². The molecule has 1 aromatic carbocycles. The maximum atomic E-state index is 5.79. The molecule has 3 heterocycles. The van der Waals surface area contributed by atoms with E-state index in [1.165, 1.54) is 48.9 Å². The van der Waals surface area contributed by atoms with Gasteiger partial charge in [-0.25, -0.2) is 4.98 Å². The lowest BCUT2D eigenvalue weighted by Gasteiger charge is -2.54. The van der Waals surface area contributed by atoms with E-state index in [2.05, 4.69) is 71.9 Å². The van der Waals surface area contributed by atoms with E-state index in [1.807, 2.05) is 0 Å². The van der Waals surface area contributed by atoms with E-state index in [-0.39, 0.29) is 10.8 Å². The van der Waals surface area contributed by atoms with Gasteiger partial charge in [-0.1, -0.05) is 36.6 Å². The number of hydrogen-bond acceptors (Lipinski definition) is 6. The van der Waals surface area contributed by atoms with Gasteiger partial charge >= 0.3 is 0 Å². The average molecular weight is 490 g/mol. The van der Waals surface area contributed by atoms with E-state index < -0.39 is 0 Å².